The van der Waals surface area contributed by atoms with E-state index in [2.05, 4.69) is 0 Å². The first-order chi connectivity index (χ1) is 13.3. The predicted octanol–water partition coefficient (Wildman–Crippen LogP) is 2.79. The molecule has 1 aliphatic heterocycles. The monoisotopic (exact) mass is 281 g/mol. The van der Waals surface area contributed by atoms with Crippen molar-refractivity contribution in [2.24, 2.45) is 0 Å². The maximum absolute atomic E-state index is 9.64. The Labute approximate surface area is 136 Å². The van der Waals surface area contributed by atoms with Gasteiger partial charge in [-0.25, -0.2) is 0 Å². The first-order valence-electron chi connectivity index (χ1n) is 11.1. The molecule has 1 aliphatic rings. The van der Waals surface area contributed by atoms with Crippen molar-refractivity contribution >= 4 is 12.6 Å². The number of nitrogens with zero attached hydrogens (tertiary/aromatic N) is 1. The molecule has 0 aliphatic carbocycles. The Kier molecular flexibility index (Phi) is 1.53. The second-order valence-corrected chi connectivity index (χ2v) is 5.74. The Bertz CT molecular complexity index is 858. The van der Waals surface area contributed by atoms with Crippen LogP contribution in [0.5, 0.6) is 0 Å². The van der Waals surface area contributed by atoms with Crippen LogP contribution in [0.15, 0.2) is 24.2 Å². The van der Waals surface area contributed by atoms with Crippen LogP contribution in [0.3, 0.4) is 0 Å². The minimum atomic E-state index is -3.46. The zero-order valence-corrected chi connectivity index (χ0v) is 11.8. The molecule has 4 heteroatoms. The van der Waals surface area contributed by atoms with E-state index in [0.717, 1.165) is 0 Å². The Balaban J connectivity index is 2.88. The molecule has 3 nitrogen and oxygen atoms in total. The average molecular weight is 281 g/mol. The summed E-state index contributed by atoms with van der Waals surface area (Å²) in [4.78, 5) is 0. The summed E-state index contributed by atoms with van der Waals surface area (Å²) in [7, 11) is -1.30. The fourth-order valence-corrected chi connectivity index (χ4v) is 1.64. The topological polar surface area (TPSA) is 42.2 Å². The lowest BCUT2D eigenvalue weighted by molar-refractivity contribution is 0.00578. The minimum absolute atomic E-state index is 0.296. The third-order valence-electron chi connectivity index (χ3n) is 3.68. The van der Waals surface area contributed by atoms with Crippen LogP contribution in [0.4, 0.5) is 0 Å². The van der Waals surface area contributed by atoms with Gasteiger partial charge in [-0.05, 0) is 52.4 Å². The van der Waals surface area contributed by atoms with Crippen LogP contribution < -0.4 is 5.46 Å². The first-order valence-corrected chi connectivity index (χ1v) is 6.14. The molecule has 1 aromatic rings. The average Bonchev–Trinajstić information content (AvgIpc) is 2.74. The lowest BCUT2D eigenvalue weighted by Crippen LogP contribution is -2.41. The predicted molar refractivity (Wildman–Crippen MR) is 80.8 cm³/mol. The molecule has 0 bridgehead atoms. The van der Waals surface area contributed by atoms with Gasteiger partial charge in [0.2, 0.25) is 0 Å². The highest BCUT2D eigenvalue weighted by atomic mass is 16.7. The molecular weight excluding hydrogens is 249 g/mol. The van der Waals surface area contributed by atoms with Crippen molar-refractivity contribution in [2.75, 3.05) is 0 Å². The van der Waals surface area contributed by atoms with Gasteiger partial charge in [0.05, 0.1) is 28.2 Å². The molecule has 0 saturated carbocycles. The van der Waals surface area contributed by atoms with Crippen molar-refractivity contribution in [3.8, 4) is 6.07 Å². The second-order valence-electron chi connectivity index (χ2n) is 5.74. The molecule has 1 heterocycles. The van der Waals surface area contributed by atoms with Crippen LogP contribution in [0.25, 0.3) is 0 Å². The van der Waals surface area contributed by atoms with Crippen molar-refractivity contribution in [3.05, 3.63) is 29.7 Å². The normalized spacial score (nSPS) is 29.2. The van der Waals surface area contributed by atoms with E-state index in [0.29, 0.717) is 0 Å². The van der Waals surface area contributed by atoms with Crippen LogP contribution in [0.2, 0.25) is 0 Å². The lowest BCUT2D eigenvalue weighted by atomic mass is 9.77. The molecule has 0 spiro atoms. The molecule has 20 heavy (non-hydrogen) atoms. The molecule has 0 N–H and O–H groups in total. The number of hydrogen-bond donors (Lipinski definition) is 0. The van der Waals surface area contributed by atoms with Gasteiger partial charge < -0.3 is 9.31 Å². The highest BCUT2D eigenvalue weighted by Crippen LogP contribution is 2.36. The van der Waals surface area contributed by atoms with Gasteiger partial charge in [-0.3, -0.25) is 0 Å². The third-order valence-corrected chi connectivity index (χ3v) is 3.68. The quantitative estimate of drug-likeness (QED) is 0.783. The SMILES string of the molecule is [2H]c1c([2H])c(C(C#N)(C([2H])([2H])[2H])C([2H])([2H])[2H])c([2H])c([2H])c1B1OC(C)(C)C(C)(C)O1. The van der Waals surface area contributed by atoms with Crippen LogP contribution >= 0.6 is 0 Å². The minimum Gasteiger partial charge on any atom is -0.399 e. The summed E-state index contributed by atoms with van der Waals surface area (Å²) in [5, 5.41) is 9.64. The highest BCUT2D eigenvalue weighted by molar-refractivity contribution is 6.62. The zero-order valence-electron chi connectivity index (χ0n) is 21.8. The largest absolute Gasteiger partial charge is 0.494 e. The number of nitriles is 1. The summed E-state index contributed by atoms with van der Waals surface area (Å²) in [5.74, 6) is 0. The van der Waals surface area contributed by atoms with Gasteiger partial charge in [0.15, 0.2) is 0 Å². The smallest absolute Gasteiger partial charge is 0.399 e. The van der Waals surface area contributed by atoms with Gasteiger partial charge in [0, 0.05) is 8.22 Å². The van der Waals surface area contributed by atoms with Gasteiger partial charge in [0.25, 0.3) is 0 Å². The van der Waals surface area contributed by atoms with Gasteiger partial charge in [0.1, 0.15) is 0 Å². The van der Waals surface area contributed by atoms with E-state index in [4.69, 9.17) is 23.0 Å². The summed E-state index contributed by atoms with van der Waals surface area (Å²) >= 11 is 0. The number of benzene rings is 1. The van der Waals surface area contributed by atoms with Gasteiger partial charge in [-0.1, -0.05) is 24.2 Å². The Morgan fingerprint density at radius 2 is 1.65 bits per heavy atom. The zero-order chi connectivity index (χ0) is 23.7. The summed E-state index contributed by atoms with van der Waals surface area (Å²) < 4.78 is 91.1. The molecule has 1 saturated heterocycles. The summed E-state index contributed by atoms with van der Waals surface area (Å²) in [6.07, 6.45) is 0. The van der Waals surface area contributed by atoms with E-state index < -0.39 is 67.2 Å². The Hall–Kier alpha value is -1.31. The fraction of sp³-hybridized carbons (Fsp3) is 0.562. The molecular formula is C16H22BNO2. The standard InChI is InChI=1S/C16H22BNO2/c1-14(2,11-18)12-7-9-13(10-8-12)17-19-15(3,4)16(5,6)20-17/h7-10H,1-6H3/i1D3,2D3,7D,8D,9D,10D. The first kappa shape index (κ1) is 6.64. The summed E-state index contributed by atoms with van der Waals surface area (Å²) in [6, 6.07) is -2.05. The molecule has 2 rings (SSSR count). The van der Waals surface area contributed by atoms with Gasteiger partial charge >= 0.3 is 7.12 Å². The van der Waals surface area contributed by atoms with Crippen molar-refractivity contribution in [1.29, 1.82) is 5.26 Å². The van der Waals surface area contributed by atoms with Gasteiger partial charge in [-0.2, -0.15) is 5.26 Å². The molecule has 0 atom stereocenters. The van der Waals surface area contributed by atoms with Crippen molar-refractivity contribution in [1.82, 2.24) is 0 Å². The molecule has 1 fully saturated rings. The molecule has 0 radical (unpaired) electrons. The van der Waals surface area contributed by atoms with Crippen LogP contribution in [0.1, 0.15) is 60.7 Å². The Morgan fingerprint density at radius 3 is 2.05 bits per heavy atom. The molecule has 0 amide bonds. The van der Waals surface area contributed by atoms with E-state index in [1.807, 2.05) is 0 Å². The lowest BCUT2D eigenvalue weighted by Gasteiger charge is -2.32. The molecule has 106 valence electrons. The van der Waals surface area contributed by atoms with E-state index in [1.54, 1.807) is 27.7 Å². The number of rotatable bonds is 2. The van der Waals surface area contributed by atoms with Crippen LogP contribution in [-0.2, 0) is 14.7 Å². The maximum Gasteiger partial charge on any atom is 0.494 e. The van der Waals surface area contributed by atoms with Gasteiger partial charge in [-0.15, -0.1) is 0 Å². The number of hydrogen-bond acceptors (Lipinski definition) is 3. The fourth-order valence-electron chi connectivity index (χ4n) is 1.64. The van der Waals surface area contributed by atoms with Crippen molar-refractivity contribution in [3.63, 3.8) is 0 Å². The molecule has 0 unspecified atom stereocenters. The highest BCUT2D eigenvalue weighted by Gasteiger charge is 2.51. The van der Waals surface area contributed by atoms with Crippen LogP contribution in [-0.4, -0.2) is 18.3 Å². The van der Waals surface area contributed by atoms with E-state index >= 15 is 0 Å². The second kappa shape index (κ2) is 4.61. The van der Waals surface area contributed by atoms with Crippen molar-refractivity contribution in [2.45, 2.75) is 58.0 Å². The summed E-state index contributed by atoms with van der Waals surface area (Å²) in [6.45, 7) is -0.0141. The molecule has 0 aromatic heterocycles. The van der Waals surface area contributed by atoms with E-state index in [-0.39, 0.29) is 5.46 Å². The van der Waals surface area contributed by atoms with Crippen LogP contribution in [0, 0.1) is 11.3 Å². The van der Waals surface area contributed by atoms with Crippen molar-refractivity contribution < 1.29 is 23.0 Å². The summed E-state index contributed by atoms with van der Waals surface area (Å²) in [5.41, 5.74) is -6.26. The van der Waals surface area contributed by atoms with E-state index in [9.17, 15) is 5.26 Å². The molecule has 1 aromatic carbocycles. The maximum atomic E-state index is 9.64. The third kappa shape index (κ3) is 2.48. The van der Waals surface area contributed by atoms with E-state index in [1.165, 1.54) is 6.07 Å². The Morgan fingerprint density at radius 1 is 1.15 bits per heavy atom.